The summed E-state index contributed by atoms with van der Waals surface area (Å²) in [6, 6.07) is 26.9. The number of ether oxygens (including phenoxy) is 2. The van der Waals surface area contributed by atoms with Crippen molar-refractivity contribution >= 4 is 28.4 Å². The van der Waals surface area contributed by atoms with Crippen molar-refractivity contribution in [3.8, 4) is 17.6 Å². The van der Waals surface area contributed by atoms with Crippen molar-refractivity contribution < 1.29 is 18.7 Å². The second-order valence-corrected chi connectivity index (χ2v) is 7.44. The largest absolute Gasteiger partial charge is 0.493 e. The molecule has 0 fully saturated rings. The van der Waals surface area contributed by atoms with Crippen molar-refractivity contribution in [2.75, 3.05) is 12.4 Å². The molecule has 0 spiro atoms. The van der Waals surface area contributed by atoms with Crippen LogP contribution in [0, 0.1) is 17.1 Å². The van der Waals surface area contributed by atoms with E-state index in [9.17, 15) is 14.4 Å². The van der Waals surface area contributed by atoms with E-state index >= 15 is 0 Å². The molecule has 0 aliphatic rings. The van der Waals surface area contributed by atoms with Crippen LogP contribution in [0.1, 0.15) is 11.1 Å². The first-order valence-electron chi connectivity index (χ1n) is 10.5. The summed E-state index contributed by atoms with van der Waals surface area (Å²) in [4.78, 5) is 12.5. The van der Waals surface area contributed by atoms with E-state index in [4.69, 9.17) is 9.47 Å². The molecule has 4 aromatic rings. The van der Waals surface area contributed by atoms with E-state index in [2.05, 4.69) is 23.5 Å². The lowest BCUT2D eigenvalue weighted by molar-refractivity contribution is -0.112. The van der Waals surface area contributed by atoms with Crippen LogP contribution in [0.5, 0.6) is 11.5 Å². The van der Waals surface area contributed by atoms with Gasteiger partial charge in [0.15, 0.2) is 11.5 Å². The highest BCUT2D eigenvalue weighted by atomic mass is 19.1. The Hall–Kier alpha value is -4.63. The summed E-state index contributed by atoms with van der Waals surface area (Å²) in [7, 11) is 1.52. The quantitative estimate of drug-likeness (QED) is 0.271. The van der Waals surface area contributed by atoms with Crippen LogP contribution in [-0.4, -0.2) is 13.0 Å². The summed E-state index contributed by atoms with van der Waals surface area (Å²) in [5.41, 5.74) is 1.44. The smallest absolute Gasteiger partial charge is 0.266 e. The van der Waals surface area contributed by atoms with Crippen molar-refractivity contribution in [3.05, 3.63) is 107 Å². The van der Waals surface area contributed by atoms with Gasteiger partial charge in [-0.3, -0.25) is 4.79 Å². The molecule has 168 valence electrons. The number of benzene rings is 4. The van der Waals surface area contributed by atoms with E-state index < -0.39 is 11.7 Å². The number of halogens is 1. The number of nitrogens with one attached hydrogen (secondary N) is 1. The molecule has 6 heteroatoms. The number of nitriles is 1. The summed E-state index contributed by atoms with van der Waals surface area (Å²) in [6.45, 7) is 0.349. The Bertz CT molecular complexity index is 1420. The number of amides is 1. The van der Waals surface area contributed by atoms with Crippen LogP contribution < -0.4 is 14.8 Å². The molecular weight excluding hydrogens is 431 g/mol. The fourth-order valence-corrected chi connectivity index (χ4v) is 3.53. The Labute approximate surface area is 196 Å². The van der Waals surface area contributed by atoms with Crippen molar-refractivity contribution in [2.45, 2.75) is 6.61 Å². The molecule has 0 aliphatic heterocycles. The van der Waals surface area contributed by atoms with E-state index in [0.29, 0.717) is 23.7 Å². The maximum absolute atomic E-state index is 13.8. The van der Waals surface area contributed by atoms with Gasteiger partial charge >= 0.3 is 0 Å². The lowest BCUT2D eigenvalue weighted by Gasteiger charge is -2.13. The molecule has 0 bridgehead atoms. The number of nitrogens with zero attached hydrogens (tertiary/aromatic N) is 1. The van der Waals surface area contributed by atoms with Crippen LogP contribution in [0.25, 0.3) is 16.8 Å². The molecule has 0 heterocycles. The highest BCUT2D eigenvalue weighted by Gasteiger charge is 2.13. The first-order valence-corrected chi connectivity index (χ1v) is 10.5. The van der Waals surface area contributed by atoms with Crippen LogP contribution in [0.4, 0.5) is 10.1 Å². The van der Waals surface area contributed by atoms with Gasteiger partial charge in [-0.1, -0.05) is 60.7 Å². The number of anilines is 1. The molecule has 5 nitrogen and oxygen atoms in total. The second kappa shape index (κ2) is 10.3. The van der Waals surface area contributed by atoms with Gasteiger partial charge in [0.05, 0.1) is 12.8 Å². The highest BCUT2D eigenvalue weighted by Crippen LogP contribution is 2.30. The van der Waals surface area contributed by atoms with E-state index in [0.717, 1.165) is 16.3 Å². The average molecular weight is 452 g/mol. The molecular formula is C28H21FN2O3. The Kier molecular flexibility index (Phi) is 6.85. The number of hydrogen-bond donors (Lipinski definition) is 1. The molecule has 4 rings (SSSR count). The lowest BCUT2D eigenvalue weighted by Crippen LogP contribution is -2.14. The molecule has 1 N–H and O–H groups in total. The Balaban J connectivity index is 1.53. The van der Waals surface area contributed by atoms with Gasteiger partial charge in [0.1, 0.15) is 24.1 Å². The Morgan fingerprint density at radius 3 is 2.56 bits per heavy atom. The van der Waals surface area contributed by atoms with Gasteiger partial charge in [0.25, 0.3) is 5.91 Å². The van der Waals surface area contributed by atoms with Crippen LogP contribution in [0.3, 0.4) is 0 Å². The normalized spacial score (nSPS) is 11.0. The number of fused-ring (bicyclic) bond motifs is 1. The fraction of sp³-hybridized carbons (Fsp3) is 0.0714. The molecule has 0 aromatic heterocycles. The average Bonchev–Trinajstić information content (AvgIpc) is 2.87. The van der Waals surface area contributed by atoms with Crippen molar-refractivity contribution in [1.82, 2.24) is 0 Å². The predicted octanol–water partition coefficient (Wildman–Crippen LogP) is 6.11. The third-order valence-corrected chi connectivity index (χ3v) is 5.25. The van der Waals surface area contributed by atoms with Crippen molar-refractivity contribution in [2.24, 2.45) is 0 Å². The number of carbonyl (C=O) groups excluding carboxylic acids is 1. The minimum Gasteiger partial charge on any atom is -0.493 e. The topological polar surface area (TPSA) is 71.3 Å². The minimum atomic E-state index is -0.706. The fourth-order valence-electron chi connectivity index (χ4n) is 3.53. The first kappa shape index (κ1) is 22.6. The number of methoxy groups -OCH3 is 1. The molecule has 4 aromatic carbocycles. The molecule has 0 radical (unpaired) electrons. The SMILES string of the molecule is COc1cc(/C=C(\C#N)C(=O)Nc2ccccc2F)ccc1OCc1cccc2ccccc12. The van der Waals surface area contributed by atoms with Crippen LogP contribution >= 0.6 is 0 Å². The second-order valence-electron chi connectivity index (χ2n) is 7.44. The maximum atomic E-state index is 13.8. The van der Waals surface area contributed by atoms with Crippen molar-refractivity contribution in [1.29, 1.82) is 5.26 Å². The molecule has 0 unspecified atom stereocenters. The van der Waals surface area contributed by atoms with Crippen molar-refractivity contribution in [3.63, 3.8) is 0 Å². The summed E-state index contributed by atoms with van der Waals surface area (Å²) in [6.07, 6.45) is 1.41. The third-order valence-electron chi connectivity index (χ3n) is 5.25. The zero-order valence-corrected chi connectivity index (χ0v) is 18.4. The van der Waals surface area contributed by atoms with E-state index in [1.165, 1.54) is 31.4 Å². The molecule has 0 saturated heterocycles. The third kappa shape index (κ3) is 5.05. The zero-order chi connectivity index (χ0) is 23.9. The van der Waals surface area contributed by atoms with E-state index in [1.54, 1.807) is 24.3 Å². The summed E-state index contributed by atoms with van der Waals surface area (Å²) < 4.78 is 25.3. The van der Waals surface area contributed by atoms with Gasteiger partial charge in [-0.25, -0.2) is 4.39 Å². The minimum absolute atomic E-state index is 0.00316. The first-order chi connectivity index (χ1) is 16.6. The summed E-state index contributed by atoms with van der Waals surface area (Å²) in [5.74, 6) is -0.298. The van der Waals surface area contributed by atoms with E-state index in [1.807, 2.05) is 30.3 Å². The molecule has 34 heavy (non-hydrogen) atoms. The van der Waals surface area contributed by atoms with Gasteiger partial charge in [-0.2, -0.15) is 5.26 Å². The van der Waals surface area contributed by atoms with E-state index in [-0.39, 0.29) is 11.3 Å². The Morgan fingerprint density at radius 1 is 1.00 bits per heavy atom. The molecule has 1 amide bonds. The zero-order valence-electron chi connectivity index (χ0n) is 18.4. The molecule has 0 aliphatic carbocycles. The van der Waals surface area contributed by atoms with Crippen LogP contribution in [-0.2, 0) is 11.4 Å². The van der Waals surface area contributed by atoms with Gasteiger partial charge in [0, 0.05) is 0 Å². The maximum Gasteiger partial charge on any atom is 0.266 e. The van der Waals surface area contributed by atoms with Gasteiger partial charge in [0.2, 0.25) is 0 Å². The lowest BCUT2D eigenvalue weighted by atomic mass is 10.1. The number of rotatable bonds is 7. The molecule has 0 saturated carbocycles. The highest BCUT2D eigenvalue weighted by molar-refractivity contribution is 6.09. The van der Waals surface area contributed by atoms with Crippen LogP contribution in [0.15, 0.2) is 90.5 Å². The van der Waals surface area contributed by atoms with Crippen LogP contribution in [0.2, 0.25) is 0 Å². The predicted molar refractivity (Wildman–Crippen MR) is 130 cm³/mol. The number of para-hydroxylation sites is 1. The standard InChI is InChI=1S/C28H21FN2O3/c1-33-27-16-19(15-22(17-30)28(32)31-25-12-5-4-11-24(25)29)13-14-26(27)34-18-21-9-6-8-20-7-2-3-10-23(20)21/h2-16H,18H2,1H3,(H,31,32)/b22-15+. The number of hydrogen-bond acceptors (Lipinski definition) is 4. The van der Waals surface area contributed by atoms with Gasteiger partial charge in [-0.15, -0.1) is 0 Å². The summed E-state index contributed by atoms with van der Waals surface area (Å²) >= 11 is 0. The van der Waals surface area contributed by atoms with Gasteiger partial charge in [-0.05, 0) is 52.2 Å². The van der Waals surface area contributed by atoms with Gasteiger partial charge < -0.3 is 14.8 Å². The number of carbonyl (C=O) groups is 1. The Morgan fingerprint density at radius 2 is 1.76 bits per heavy atom. The molecule has 0 atom stereocenters. The summed E-state index contributed by atoms with van der Waals surface area (Å²) in [5, 5.41) is 14.1. The monoisotopic (exact) mass is 452 g/mol.